The molecule has 0 bridgehead atoms. The van der Waals surface area contributed by atoms with Crippen molar-refractivity contribution in [2.45, 2.75) is 192 Å². The number of aliphatic hydroxyl groups excluding tert-OH is 18. The lowest BCUT2D eigenvalue weighted by atomic mass is 9.94. The second kappa shape index (κ2) is 27.2. The molecule has 8 unspecified atom stereocenters. The highest BCUT2D eigenvalue weighted by molar-refractivity contribution is 5.73. The number of hydrogen-bond acceptors (Lipinski definition) is 31. The molecule has 5 aliphatic rings. The highest BCUT2D eigenvalue weighted by Gasteiger charge is 2.58. The van der Waals surface area contributed by atoms with Crippen molar-refractivity contribution in [2.75, 3.05) is 39.6 Å². The van der Waals surface area contributed by atoms with E-state index in [0.717, 1.165) is 13.8 Å². The van der Waals surface area contributed by atoms with E-state index in [1.807, 2.05) is 0 Å². The van der Waals surface area contributed by atoms with Crippen molar-refractivity contribution in [3.63, 3.8) is 0 Å². The van der Waals surface area contributed by atoms with Crippen LogP contribution in [0.4, 0.5) is 0 Å². The summed E-state index contributed by atoms with van der Waals surface area (Å²) < 4.78 is 57.0. The Morgan fingerprint density at radius 3 is 1.41 bits per heavy atom. The van der Waals surface area contributed by atoms with Crippen LogP contribution in [0.1, 0.15) is 13.8 Å². The van der Waals surface area contributed by atoms with E-state index in [2.05, 4.69) is 10.6 Å². The summed E-state index contributed by atoms with van der Waals surface area (Å²) in [7, 11) is 0. The molecule has 5 rings (SSSR count). The number of ether oxygens (including phenoxy) is 10. The molecule has 0 aromatic heterocycles. The summed E-state index contributed by atoms with van der Waals surface area (Å²) in [5, 5.41) is 195. The van der Waals surface area contributed by atoms with E-state index in [9.17, 15) is 106 Å². The Hall–Kier alpha value is -2.51. The van der Waals surface area contributed by atoms with E-state index >= 15 is 0 Å². The monoisotopic (exact) mass is 1070 g/mol. The highest BCUT2D eigenvalue weighted by Crippen LogP contribution is 2.37. The zero-order valence-corrected chi connectivity index (χ0v) is 38.9. The molecule has 424 valence electrons. The second-order valence-corrected chi connectivity index (χ2v) is 17.9. The van der Waals surface area contributed by atoms with Crippen molar-refractivity contribution >= 4 is 18.1 Å². The number of hydrogen-bond donors (Lipinski definition) is 20. The van der Waals surface area contributed by atoms with Gasteiger partial charge in [-0.1, -0.05) is 0 Å². The third-order valence-electron chi connectivity index (χ3n) is 12.8. The molecule has 33 nitrogen and oxygen atoms in total. The van der Waals surface area contributed by atoms with Crippen molar-refractivity contribution in [1.29, 1.82) is 0 Å². The van der Waals surface area contributed by atoms with Crippen LogP contribution in [0, 0.1) is 0 Å². The Labute approximate surface area is 413 Å². The van der Waals surface area contributed by atoms with Gasteiger partial charge in [0, 0.05) is 13.8 Å². The molecule has 5 heterocycles. The van der Waals surface area contributed by atoms with Gasteiger partial charge in [0.1, 0.15) is 146 Å². The quantitative estimate of drug-likeness (QED) is 0.0423. The van der Waals surface area contributed by atoms with Crippen LogP contribution in [0.3, 0.4) is 0 Å². The van der Waals surface area contributed by atoms with Gasteiger partial charge in [0.2, 0.25) is 11.8 Å². The molecule has 5 fully saturated rings. The largest absolute Gasteiger partial charge is 0.394 e. The first-order chi connectivity index (χ1) is 34.5. The molecule has 5 saturated heterocycles. The van der Waals surface area contributed by atoms with E-state index < -0.39 is 229 Å². The molecular formula is C40H68N2O31. The molecule has 29 atom stereocenters. The van der Waals surface area contributed by atoms with E-state index in [0.29, 0.717) is 0 Å². The summed E-state index contributed by atoms with van der Waals surface area (Å²) in [6, 6.07) is -3.56. The van der Waals surface area contributed by atoms with Crippen LogP contribution in [-0.4, -0.2) is 327 Å². The van der Waals surface area contributed by atoms with Gasteiger partial charge in [-0.05, 0) is 0 Å². The van der Waals surface area contributed by atoms with Crippen LogP contribution in [0.5, 0.6) is 0 Å². The maximum atomic E-state index is 12.6. The van der Waals surface area contributed by atoms with Gasteiger partial charge < -0.3 is 155 Å². The number of nitrogens with one attached hydrogen (secondary N) is 2. The van der Waals surface area contributed by atoms with Crippen molar-refractivity contribution in [2.24, 2.45) is 0 Å². The average molecular weight is 1070 g/mol. The lowest BCUT2D eigenvalue weighted by Crippen LogP contribution is -2.70. The molecule has 0 aromatic carbocycles. The number of rotatable bonds is 23. The zero-order valence-electron chi connectivity index (χ0n) is 38.9. The van der Waals surface area contributed by atoms with Gasteiger partial charge in [-0.15, -0.1) is 0 Å². The van der Waals surface area contributed by atoms with Crippen LogP contribution in [0.15, 0.2) is 0 Å². The first-order valence-corrected chi connectivity index (χ1v) is 22.9. The number of aliphatic hydroxyl groups is 18. The zero-order chi connectivity index (χ0) is 54.3. The SMILES string of the molecule is CC(=O)NC1C(OC2OC([C@H](O)CO)[C@H](O)[C@H]2O)[C@H](O)[C@@H](CO)O[C@@H]1OC1[C@@H](O)[C@H](OC2[C@@H](CO)O[C@@H](OC3[C@H](O)[C@H](OC([C@H](O)CO)[C@@H](O)[C@@H](O)C=O)O[C@H](CO)[C@H]3O)[C@H](NC(C)=O)[C@H]2O)O[C@H](CO)[C@@H]1O. The van der Waals surface area contributed by atoms with Crippen LogP contribution in [0.2, 0.25) is 0 Å². The maximum absolute atomic E-state index is 12.6. The molecular weight excluding hydrogens is 1000 g/mol. The normalized spacial score (nSPS) is 44.4. The number of aldehydes is 1. The minimum Gasteiger partial charge on any atom is -0.394 e. The molecule has 20 N–H and O–H groups in total. The number of carbonyl (C=O) groups is 3. The lowest BCUT2D eigenvalue weighted by molar-refractivity contribution is -0.381. The lowest BCUT2D eigenvalue weighted by Gasteiger charge is -2.50. The predicted molar refractivity (Wildman–Crippen MR) is 224 cm³/mol. The van der Waals surface area contributed by atoms with E-state index in [1.54, 1.807) is 0 Å². The molecule has 0 spiro atoms. The molecule has 5 aliphatic heterocycles. The van der Waals surface area contributed by atoms with Crippen LogP contribution < -0.4 is 10.6 Å². The molecule has 33 heteroatoms. The molecule has 0 aliphatic carbocycles. The Kier molecular flexibility index (Phi) is 22.8. The van der Waals surface area contributed by atoms with Gasteiger partial charge in [0.15, 0.2) is 37.7 Å². The van der Waals surface area contributed by atoms with Crippen LogP contribution in [-0.2, 0) is 61.8 Å². The fraction of sp³-hybridized carbons (Fsp3) is 0.925. The van der Waals surface area contributed by atoms with E-state index in [1.165, 1.54) is 0 Å². The molecule has 2 amide bonds. The fourth-order valence-electron chi connectivity index (χ4n) is 8.88. The van der Waals surface area contributed by atoms with Crippen LogP contribution in [0.25, 0.3) is 0 Å². The Morgan fingerprint density at radius 2 is 0.918 bits per heavy atom. The molecule has 73 heavy (non-hydrogen) atoms. The van der Waals surface area contributed by atoms with E-state index in [4.69, 9.17) is 47.4 Å². The third-order valence-corrected chi connectivity index (χ3v) is 12.8. The number of carbonyl (C=O) groups excluding carboxylic acids is 3. The third kappa shape index (κ3) is 13.8. The summed E-state index contributed by atoms with van der Waals surface area (Å²) in [6.45, 7) is -4.23. The summed E-state index contributed by atoms with van der Waals surface area (Å²) in [5.41, 5.74) is 0. The maximum Gasteiger partial charge on any atom is 0.217 e. The average Bonchev–Trinajstić information content (AvgIpc) is 3.65. The number of amides is 2. The standard InChI is InChI=1S/C40H68N2O31/c1-10(50)41-19-25(59)32(18(9-49)67-36(19)72-34-23(57)16(7-47)65-39(28(34)62)68-30(13(53)4-44)21(55)12(52)3-43)70-40-29(63)35(24(58)17(8-48)66-40)73-37-20(42-11(2)51)33(22(56)15(6-46)64-37)71-38-27(61)26(60)31(69-38)14(54)5-45/h3,12-40,44-49,52-63H,4-9H2,1-2H3,(H,41,50)(H,42,51)/t12-,13+,14+,15+,16+,17+,18+,19+,20?,21-,22+,23+,24-,25+,26+,27+,28-,29+,30?,31?,32?,33?,34?,35?,36-,37+,38?,39-,40-/m0/s1. The summed E-state index contributed by atoms with van der Waals surface area (Å²) in [4.78, 5) is 36.3. The Morgan fingerprint density at radius 1 is 0.493 bits per heavy atom. The topological polar surface area (TPSA) is 532 Å². The van der Waals surface area contributed by atoms with Gasteiger partial charge >= 0.3 is 0 Å². The van der Waals surface area contributed by atoms with Gasteiger partial charge in [-0.2, -0.15) is 0 Å². The molecule has 0 radical (unpaired) electrons. The minimum absolute atomic E-state index is 0.136. The Bertz CT molecular complexity index is 1730. The first kappa shape index (κ1) is 61.3. The smallest absolute Gasteiger partial charge is 0.217 e. The van der Waals surface area contributed by atoms with Gasteiger partial charge in [-0.25, -0.2) is 0 Å². The van der Waals surface area contributed by atoms with Crippen molar-refractivity contribution < 1.29 is 154 Å². The Balaban J connectivity index is 1.40. The molecule has 0 saturated carbocycles. The van der Waals surface area contributed by atoms with Gasteiger partial charge in [-0.3, -0.25) is 9.59 Å². The first-order valence-electron chi connectivity index (χ1n) is 22.9. The fourth-order valence-corrected chi connectivity index (χ4v) is 8.88. The summed E-state index contributed by atoms with van der Waals surface area (Å²) >= 11 is 0. The van der Waals surface area contributed by atoms with E-state index in [-0.39, 0.29) is 6.29 Å². The minimum atomic E-state index is -2.25. The second-order valence-electron chi connectivity index (χ2n) is 17.9. The predicted octanol–water partition coefficient (Wildman–Crippen LogP) is -14.0. The highest BCUT2D eigenvalue weighted by atomic mass is 16.8. The summed E-state index contributed by atoms with van der Waals surface area (Å²) in [6.07, 6.45) is -53.2. The van der Waals surface area contributed by atoms with Crippen molar-refractivity contribution in [1.82, 2.24) is 10.6 Å². The van der Waals surface area contributed by atoms with Crippen LogP contribution >= 0.6 is 0 Å². The van der Waals surface area contributed by atoms with Gasteiger partial charge in [0.05, 0.1) is 39.6 Å². The van der Waals surface area contributed by atoms with Crippen molar-refractivity contribution in [3.05, 3.63) is 0 Å². The van der Waals surface area contributed by atoms with Gasteiger partial charge in [0.25, 0.3) is 0 Å². The molecule has 0 aromatic rings. The summed E-state index contributed by atoms with van der Waals surface area (Å²) in [5.74, 6) is -1.73. The van der Waals surface area contributed by atoms with Crippen molar-refractivity contribution in [3.8, 4) is 0 Å².